The molecule has 0 saturated heterocycles. The summed E-state index contributed by atoms with van der Waals surface area (Å²) in [4.78, 5) is 23.5. The number of carbonyl (C=O) groups is 2. The lowest BCUT2D eigenvalue weighted by atomic mass is 9.88. The van der Waals surface area contributed by atoms with Gasteiger partial charge < -0.3 is 15.2 Å². The summed E-state index contributed by atoms with van der Waals surface area (Å²) in [5, 5.41) is 11.8. The van der Waals surface area contributed by atoms with Crippen LogP contribution in [-0.2, 0) is 14.3 Å². The highest BCUT2D eigenvalue weighted by molar-refractivity contribution is 5.86. The van der Waals surface area contributed by atoms with Crippen LogP contribution < -0.4 is 5.32 Å². The van der Waals surface area contributed by atoms with E-state index >= 15 is 0 Å². The molecule has 5 nitrogen and oxygen atoms in total. The molecule has 0 aromatic carbocycles. The third-order valence-corrected chi connectivity index (χ3v) is 4.13. The summed E-state index contributed by atoms with van der Waals surface area (Å²) in [7, 11) is 0. The SMILES string of the molecule is C/C=C/CC(NC(=O)C(CC)OC1CCCC(C)C1)C(=O)O. The predicted octanol–water partition coefficient (Wildman–Crippen LogP) is 2.90. The van der Waals surface area contributed by atoms with Crippen molar-refractivity contribution >= 4 is 11.9 Å². The Morgan fingerprint density at radius 1 is 1.41 bits per heavy atom. The number of hydrogen-bond acceptors (Lipinski definition) is 3. The molecule has 126 valence electrons. The lowest BCUT2D eigenvalue weighted by Gasteiger charge is -2.30. The van der Waals surface area contributed by atoms with Crippen LogP contribution in [0.5, 0.6) is 0 Å². The van der Waals surface area contributed by atoms with Gasteiger partial charge in [0.2, 0.25) is 5.91 Å². The number of rotatable bonds is 8. The van der Waals surface area contributed by atoms with Crippen molar-refractivity contribution in [2.75, 3.05) is 0 Å². The molecule has 0 heterocycles. The van der Waals surface area contributed by atoms with Crippen molar-refractivity contribution in [3.8, 4) is 0 Å². The van der Waals surface area contributed by atoms with Crippen molar-refractivity contribution in [3.05, 3.63) is 12.2 Å². The number of amides is 1. The Kier molecular flexibility index (Phi) is 8.17. The third kappa shape index (κ3) is 6.18. The molecule has 1 rings (SSSR count). The molecule has 1 amide bonds. The molecular weight excluding hydrogens is 282 g/mol. The maximum absolute atomic E-state index is 12.3. The van der Waals surface area contributed by atoms with E-state index in [1.165, 1.54) is 6.42 Å². The first kappa shape index (κ1) is 18.7. The minimum Gasteiger partial charge on any atom is -0.480 e. The van der Waals surface area contributed by atoms with Gasteiger partial charge in [0.05, 0.1) is 6.10 Å². The van der Waals surface area contributed by atoms with Crippen molar-refractivity contribution in [3.63, 3.8) is 0 Å². The molecule has 0 bridgehead atoms. The average Bonchev–Trinajstić information content (AvgIpc) is 2.48. The Morgan fingerprint density at radius 3 is 2.68 bits per heavy atom. The van der Waals surface area contributed by atoms with E-state index in [-0.39, 0.29) is 18.4 Å². The van der Waals surface area contributed by atoms with Crippen molar-refractivity contribution in [1.29, 1.82) is 0 Å². The average molecular weight is 311 g/mol. The summed E-state index contributed by atoms with van der Waals surface area (Å²) in [6.45, 7) is 5.91. The van der Waals surface area contributed by atoms with Gasteiger partial charge in [-0.15, -0.1) is 0 Å². The number of carbonyl (C=O) groups excluding carboxylic acids is 1. The zero-order valence-corrected chi connectivity index (χ0v) is 13.9. The lowest BCUT2D eigenvalue weighted by Crippen LogP contribution is -2.47. The zero-order valence-electron chi connectivity index (χ0n) is 13.9. The molecule has 4 unspecified atom stereocenters. The zero-order chi connectivity index (χ0) is 16.5. The largest absolute Gasteiger partial charge is 0.480 e. The van der Waals surface area contributed by atoms with Gasteiger partial charge in [-0.3, -0.25) is 4.79 Å². The monoisotopic (exact) mass is 311 g/mol. The molecule has 4 atom stereocenters. The van der Waals surface area contributed by atoms with Crippen LogP contribution in [-0.4, -0.2) is 35.2 Å². The molecule has 0 spiro atoms. The molecule has 2 N–H and O–H groups in total. The number of carboxylic acid groups (broad SMARTS) is 1. The van der Waals surface area contributed by atoms with Crippen LogP contribution in [0.1, 0.15) is 59.3 Å². The van der Waals surface area contributed by atoms with Crippen molar-refractivity contribution in [2.24, 2.45) is 5.92 Å². The summed E-state index contributed by atoms with van der Waals surface area (Å²) >= 11 is 0. The van der Waals surface area contributed by atoms with Crippen LogP contribution in [0.2, 0.25) is 0 Å². The third-order valence-electron chi connectivity index (χ3n) is 4.13. The van der Waals surface area contributed by atoms with Gasteiger partial charge in [0.15, 0.2) is 0 Å². The minimum absolute atomic E-state index is 0.110. The first-order valence-corrected chi connectivity index (χ1v) is 8.27. The molecule has 5 heteroatoms. The highest BCUT2D eigenvalue weighted by Gasteiger charge is 2.28. The molecule has 22 heavy (non-hydrogen) atoms. The van der Waals surface area contributed by atoms with Gasteiger partial charge in [-0.25, -0.2) is 4.79 Å². The summed E-state index contributed by atoms with van der Waals surface area (Å²) < 4.78 is 5.93. The fraction of sp³-hybridized carbons (Fsp3) is 0.765. The molecule has 0 radical (unpaired) electrons. The van der Waals surface area contributed by atoms with Crippen LogP contribution in [0.25, 0.3) is 0 Å². The van der Waals surface area contributed by atoms with Gasteiger partial charge in [-0.2, -0.15) is 0 Å². The van der Waals surface area contributed by atoms with Crippen molar-refractivity contribution < 1.29 is 19.4 Å². The Bertz CT molecular complexity index is 394. The molecule has 0 aromatic heterocycles. The smallest absolute Gasteiger partial charge is 0.326 e. The first-order chi connectivity index (χ1) is 10.5. The number of aliphatic carboxylic acids is 1. The standard InChI is InChI=1S/C17H29NO4/c1-4-6-10-14(17(20)21)18-16(19)15(5-2)22-13-9-7-8-12(3)11-13/h4,6,12-15H,5,7-11H2,1-3H3,(H,18,19)(H,20,21)/b6-4+. The second kappa shape index (κ2) is 9.62. The second-order valence-corrected chi connectivity index (χ2v) is 6.13. The molecule has 1 aliphatic rings. The molecule has 1 aliphatic carbocycles. The number of hydrogen-bond donors (Lipinski definition) is 2. The van der Waals surface area contributed by atoms with Gasteiger partial charge in [0.1, 0.15) is 12.1 Å². The van der Waals surface area contributed by atoms with E-state index in [1.807, 2.05) is 13.8 Å². The highest BCUT2D eigenvalue weighted by atomic mass is 16.5. The van der Waals surface area contributed by atoms with E-state index in [4.69, 9.17) is 9.84 Å². The van der Waals surface area contributed by atoms with Gasteiger partial charge in [-0.1, -0.05) is 38.8 Å². The van der Waals surface area contributed by atoms with Crippen LogP contribution in [0.15, 0.2) is 12.2 Å². The van der Waals surface area contributed by atoms with Crippen LogP contribution in [0, 0.1) is 5.92 Å². The number of ether oxygens (including phenoxy) is 1. The summed E-state index contributed by atoms with van der Waals surface area (Å²) in [5.74, 6) is -0.717. The van der Waals surface area contributed by atoms with E-state index in [0.717, 1.165) is 19.3 Å². The van der Waals surface area contributed by atoms with E-state index in [2.05, 4.69) is 12.2 Å². The van der Waals surface area contributed by atoms with E-state index < -0.39 is 18.1 Å². The van der Waals surface area contributed by atoms with Crippen LogP contribution in [0.3, 0.4) is 0 Å². The summed E-state index contributed by atoms with van der Waals surface area (Å²) in [6, 6.07) is -0.897. The quantitative estimate of drug-likeness (QED) is 0.676. The fourth-order valence-electron chi connectivity index (χ4n) is 2.84. The van der Waals surface area contributed by atoms with Crippen LogP contribution >= 0.6 is 0 Å². The van der Waals surface area contributed by atoms with E-state index in [1.54, 1.807) is 12.2 Å². The second-order valence-electron chi connectivity index (χ2n) is 6.13. The predicted molar refractivity (Wildman–Crippen MR) is 85.6 cm³/mol. The minimum atomic E-state index is -1.02. The molecule has 0 aliphatic heterocycles. The van der Waals surface area contributed by atoms with Crippen molar-refractivity contribution in [2.45, 2.75) is 77.5 Å². The number of carboxylic acids is 1. The Balaban J connectivity index is 2.56. The highest BCUT2D eigenvalue weighted by Crippen LogP contribution is 2.27. The molecule has 0 aromatic rings. The van der Waals surface area contributed by atoms with E-state index in [9.17, 15) is 9.59 Å². The van der Waals surface area contributed by atoms with Gasteiger partial charge in [0, 0.05) is 0 Å². The molecule has 1 saturated carbocycles. The Labute approximate surface area is 133 Å². The molecular formula is C17H29NO4. The fourth-order valence-corrected chi connectivity index (χ4v) is 2.84. The van der Waals surface area contributed by atoms with Crippen LogP contribution in [0.4, 0.5) is 0 Å². The maximum atomic E-state index is 12.3. The lowest BCUT2D eigenvalue weighted by molar-refractivity contribution is -0.146. The Morgan fingerprint density at radius 2 is 2.14 bits per heavy atom. The number of nitrogens with one attached hydrogen (secondary N) is 1. The molecule has 1 fully saturated rings. The topological polar surface area (TPSA) is 75.6 Å². The number of allylic oxidation sites excluding steroid dienone is 1. The van der Waals surface area contributed by atoms with Gasteiger partial charge >= 0.3 is 5.97 Å². The summed E-state index contributed by atoms with van der Waals surface area (Å²) in [6.07, 6.45) is 8.20. The Hall–Kier alpha value is -1.36. The first-order valence-electron chi connectivity index (χ1n) is 8.27. The van der Waals surface area contributed by atoms with E-state index in [0.29, 0.717) is 12.3 Å². The van der Waals surface area contributed by atoms with Gasteiger partial charge in [-0.05, 0) is 38.5 Å². The van der Waals surface area contributed by atoms with Crippen molar-refractivity contribution in [1.82, 2.24) is 5.32 Å². The normalized spacial score (nSPS) is 24.9. The van der Waals surface area contributed by atoms with Gasteiger partial charge in [0.25, 0.3) is 0 Å². The summed E-state index contributed by atoms with van der Waals surface area (Å²) in [5.41, 5.74) is 0. The maximum Gasteiger partial charge on any atom is 0.326 e.